The van der Waals surface area contributed by atoms with Crippen LogP contribution >= 0.6 is 0 Å². The van der Waals surface area contributed by atoms with Crippen LogP contribution in [-0.2, 0) is 0 Å². The van der Waals surface area contributed by atoms with Gasteiger partial charge in [-0.1, -0.05) is 49.1 Å². The van der Waals surface area contributed by atoms with Crippen LogP contribution in [0.4, 0.5) is 5.95 Å². The number of aromatic nitrogens is 3. The molecule has 0 aliphatic heterocycles. The third kappa shape index (κ3) is 2.79. The molecule has 4 nitrogen and oxygen atoms in total. The summed E-state index contributed by atoms with van der Waals surface area (Å²) < 4.78 is 0. The van der Waals surface area contributed by atoms with Crippen molar-refractivity contribution in [2.24, 2.45) is 0 Å². The third-order valence-corrected chi connectivity index (χ3v) is 3.95. The van der Waals surface area contributed by atoms with Crippen LogP contribution in [0, 0.1) is 6.92 Å². The average molecular weight is 268 g/mol. The molecule has 0 unspecified atom stereocenters. The molecule has 4 heteroatoms. The van der Waals surface area contributed by atoms with Gasteiger partial charge in [-0.3, -0.25) is 0 Å². The SMILES string of the molecule is Cc1ccc(-c2nc(N)nc(C3CCCCC3)n2)cc1. The quantitative estimate of drug-likeness (QED) is 0.905. The number of rotatable bonds is 2. The zero-order chi connectivity index (χ0) is 13.9. The van der Waals surface area contributed by atoms with Crippen molar-refractivity contribution in [2.45, 2.75) is 44.9 Å². The minimum Gasteiger partial charge on any atom is -0.368 e. The number of benzene rings is 1. The summed E-state index contributed by atoms with van der Waals surface area (Å²) in [6.07, 6.45) is 6.17. The molecule has 0 radical (unpaired) electrons. The van der Waals surface area contributed by atoms with E-state index in [1.165, 1.54) is 24.8 Å². The van der Waals surface area contributed by atoms with E-state index in [4.69, 9.17) is 5.73 Å². The maximum absolute atomic E-state index is 5.87. The molecule has 1 heterocycles. The molecule has 20 heavy (non-hydrogen) atoms. The molecule has 1 aliphatic rings. The minimum atomic E-state index is 0.330. The van der Waals surface area contributed by atoms with Crippen LogP contribution in [0.1, 0.15) is 49.4 Å². The van der Waals surface area contributed by atoms with Gasteiger partial charge in [0.25, 0.3) is 0 Å². The van der Waals surface area contributed by atoms with Gasteiger partial charge >= 0.3 is 0 Å². The lowest BCUT2D eigenvalue weighted by atomic mass is 9.89. The van der Waals surface area contributed by atoms with Gasteiger partial charge in [0.15, 0.2) is 5.82 Å². The molecule has 0 saturated heterocycles. The van der Waals surface area contributed by atoms with Crippen LogP contribution in [0.5, 0.6) is 0 Å². The second-order valence-corrected chi connectivity index (χ2v) is 5.58. The van der Waals surface area contributed by atoms with Crippen molar-refractivity contribution >= 4 is 5.95 Å². The summed E-state index contributed by atoms with van der Waals surface area (Å²) in [6, 6.07) is 8.20. The second-order valence-electron chi connectivity index (χ2n) is 5.58. The molecule has 3 rings (SSSR count). The van der Waals surface area contributed by atoms with Gasteiger partial charge in [-0.25, -0.2) is 4.98 Å². The van der Waals surface area contributed by atoms with Gasteiger partial charge < -0.3 is 5.73 Å². The number of nitrogen functional groups attached to an aromatic ring is 1. The van der Waals surface area contributed by atoms with Crippen molar-refractivity contribution in [3.05, 3.63) is 35.7 Å². The molecule has 0 bridgehead atoms. The molecule has 1 aromatic heterocycles. The molecule has 1 fully saturated rings. The van der Waals surface area contributed by atoms with E-state index in [1.54, 1.807) is 0 Å². The van der Waals surface area contributed by atoms with Gasteiger partial charge in [-0.15, -0.1) is 0 Å². The molecule has 0 spiro atoms. The Morgan fingerprint density at radius 1 is 0.950 bits per heavy atom. The average Bonchev–Trinajstić information content (AvgIpc) is 2.48. The Hall–Kier alpha value is -1.97. The normalized spacial score (nSPS) is 16.2. The molecule has 104 valence electrons. The highest BCUT2D eigenvalue weighted by molar-refractivity contribution is 5.56. The topological polar surface area (TPSA) is 64.7 Å². The second kappa shape index (κ2) is 5.57. The van der Waals surface area contributed by atoms with Crippen LogP contribution in [0.25, 0.3) is 11.4 Å². The molecule has 0 amide bonds. The Bertz CT molecular complexity index is 586. The monoisotopic (exact) mass is 268 g/mol. The molecular formula is C16H20N4. The van der Waals surface area contributed by atoms with Crippen molar-refractivity contribution in [1.82, 2.24) is 15.0 Å². The summed E-state index contributed by atoms with van der Waals surface area (Å²) in [5.74, 6) is 2.33. The maximum atomic E-state index is 5.87. The van der Waals surface area contributed by atoms with E-state index in [0.29, 0.717) is 17.7 Å². The first-order valence-corrected chi connectivity index (χ1v) is 7.31. The van der Waals surface area contributed by atoms with Gasteiger partial charge in [0, 0.05) is 11.5 Å². The first-order chi connectivity index (χ1) is 9.72. The van der Waals surface area contributed by atoms with E-state index in [0.717, 1.165) is 24.2 Å². The zero-order valence-electron chi connectivity index (χ0n) is 11.8. The lowest BCUT2D eigenvalue weighted by Gasteiger charge is -2.20. The summed E-state index contributed by atoms with van der Waals surface area (Å²) in [6.45, 7) is 2.07. The van der Waals surface area contributed by atoms with E-state index in [1.807, 2.05) is 12.1 Å². The highest BCUT2D eigenvalue weighted by Gasteiger charge is 2.19. The number of nitrogens with two attached hydrogens (primary N) is 1. The summed E-state index contributed by atoms with van der Waals surface area (Å²) in [5.41, 5.74) is 8.10. The summed E-state index contributed by atoms with van der Waals surface area (Å²) in [7, 11) is 0. The predicted molar refractivity (Wildman–Crippen MR) is 80.2 cm³/mol. The number of aryl methyl sites for hydroxylation is 1. The first kappa shape index (κ1) is 13.0. The van der Waals surface area contributed by atoms with Gasteiger partial charge in [-0.05, 0) is 19.8 Å². The van der Waals surface area contributed by atoms with E-state index < -0.39 is 0 Å². The number of nitrogens with zero attached hydrogens (tertiary/aromatic N) is 3. The van der Waals surface area contributed by atoms with Crippen molar-refractivity contribution in [1.29, 1.82) is 0 Å². The number of anilines is 1. The van der Waals surface area contributed by atoms with Crippen LogP contribution in [-0.4, -0.2) is 15.0 Å². The van der Waals surface area contributed by atoms with Gasteiger partial charge in [0.05, 0.1) is 0 Å². The number of hydrogen-bond donors (Lipinski definition) is 1. The Morgan fingerprint density at radius 2 is 1.65 bits per heavy atom. The molecule has 1 saturated carbocycles. The van der Waals surface area contributed by atoms with Crippen LogP contribution in [0.3, 0.4) is 0 Å². The smallest absolute Gasteiger partial charge is 0.223 e. The largest absolute Gasteiger partial charge is 0.368 e. The van der Waals surface area contributed by atoms with Gasteiger partial charge in [0.1, 0.15) is 5.82 Å². The van der Waals surface area contributed by atoms with Gasteiger partial charge in [0.2, 0.25) is 5.95 Å². The fourth-order valence-corrected chi connectivity index (χ4v) is 2.78. The van der Waals surface area contributed by atoms with Crippen LogP contribution < -0.4 is 5.73 Å². The van der Waals surface area contributed by atoms with Crippen molar-refractivity contribution in [2.75, 3.05) is 5.73 Å². The van der Waals surface area contributed by atoms with Crippen molar-refractivity contribution < 1.29 is 0 Å². The molecule has 1 aromatic carbocycles. The maximum Gasteiger partial charge on any atom is 0.223 e. The molecule has 1 aliphatic carbocycles. The summed E-state index contributed by atoms with van der Waals surface area (Å²) in [4.78, 5) is 13.3. The minimum absolute atomic E-state index is 0.330. The van der Waals surface area contributed by atoms with Crippen LogP contribution in [0.15, 0.2) is 24.3 Å². The fourth-order valence-electron chi connectivity index (χ4n) is 2.78. The lowest BCUT2D eigenvalue weighted by Crippen LogP contribution is -2.12. The molecule has 2 aromatic rings. The van der Waals surface area contributed by atoms with Gasteiger partial charge in [-0.2, -0.15) is 9.97 Å². The predicted octanol–water partition coefficient (Wildman–Crippen LogP) is 3.48. The zero-order valence-corrected chi connectivity index (χ0v) is 11.8. The molecule has 0 atom stereocenters. The summed E-state index contributed by atoms with van der Waals surface area (Å²) in [5, 5.41) is 0. The van der Waals surface area contributed by atoms with E-state index in [2.05, 4.69) is 34.0 Å². The summed E-state index contributed by atoms with van der Waals surface area (Å²) >= 11 is 0. The Balaban J connectivity index is 1.95. The van der Waals surface area contributed by atoms with E-state index in [9.17, 15) is 0 Å². The fraction of sp³-hybridized carbons (Fsp3) is 0.438. The highest BCUT2D eigenvalue weighted by atomic mass is 15.1. The molecular weight excluding hydrogens is 248 g/mol. The Morgan fingerprint density at radius 3 is 2.35 bits per heavy atom. The first-order valence-electron chi connectivity index (χ1n) is 7.31. The van der Waals surface area contributed by atoms with Crippen molar-refractivity contribution in [3.63, 3.8) is 0 Å². The van der Waals surface area contributed by atoms with E-state index in [-0.39, 0.29) is 0 Å². The van der Waals surface area contributed by atoms with Crippen molar-refractivity contribution in [3.8, 4) is 11.4 Å². The number of hydrogen-bond acceptors (Lipinski definition) is 4. The third-order valence-electron chi connectivity index (χ3n) is 3.95. The highest BCUT2D eigenvalue weighted by Crippen LogP contribution is 2.31. The Kier molecular flexibility index (Phi) is 3.63. The Labute approximate surface area is 119 Å². The van der Waals surface area contributed by atoms with Crippen LogP contribution in [0.2, 0.25) is 0 Å². The lowest BCUT2D eigenvalue weighted by molar-refractivity contribution is 0.428. The molecule has 2 N–H and O–H groups in total. The van der Waals surface area contributed by atoms with E-state index >= 15 is 0 Å². The standard InChI is InChI=1S/C16H20N4/c1-11-7-9-13(10-8-11)15-18-14(19-16(17)20-15)12-5-3-2-4-6-12/h7-10,12H,2-6H2,1H3,(H2,17,18,19,20).